The summed E-state index contributed by atoms with van der Waals surface area (Å²) >= 11 is 13.1. The van der Waals surface area contributed by atoms with Crippen LogP contribution in [0.3, 0.4) is 0 Å². The van der Waals surface area contributed by atoms with E-state index >= 15 is 0 Å². The van der Waals surface area contributed by atoms with Crippen LogP contribution in [0.25, 0.3) is 0 Å². The van der Waals surface area contributed by atoms with Crippen molar-refractivity contribution in [3.63, 3.8) is 0 Å². The molecule has 1 aromatic heterocycles. The van der Waals surface area contributed by atoms with Crippen molar-refractivity contribution in [3.05, 3.63) is 21.2 Å². The average molecular weight is 354 g/mol. The molecule has 15 heavy (non-hydrogen) atoms. The third-order valence-electron chi connectivity index (χ3n) is 2.58. The average Bonchev–Trinajstić information content (AvgIpc) is 2.45. The first kappa shape index (κ1) is 11.7. The number of halogens is 3. The van der Waals surface area contributed by atoms with Crippen LogP contribution in [-0.4, -0.2) is 22.9 Å². The first-order valence-electron chi connectivity index (χ1n) is 4.79. The Morgan fingerprint density at radius 2 is 2.27 bits per heavy atom. The van der Waals surface area contributed by atoms with Gasteiger partial charge in [0.25, 0.3) is 0 Å². The third kappa shape index (κ3) is 2.48. The van der Waals surface area contributed by atoms with E-state index in [9.17, 15) is 0 Å². The second-order valence-electron chi connectivity index (χ2n) is 3.79. The fourth-order valence-corrected chi connectivity index (χ4v) is 3.50. The van der Waals surface area contributed by atoms with Gasteiger partial charge in [0.2, 0.25) is 0 Å². The summed E-state index contributed by atoms with van der Waals surface area (Å²) in [6, 6.07) is 2.47. The van der Waals surface area contributed by atoms with E-state index in [0.29, 0.717) is 6.04 Å². The van der Waals surface area contributed by atoms with E-state index in [0.717, 1.165) is 27.7 Å². The molecule has 2 atom stereocenters. The predicted molar refractivity (Wildman–Crippen MR) is 70.7 cm³/mol. The second-order valence-corrected chi connectivity index (χ2v) is 6.18. The number of nitrogens with zero attached hydrogens (tertiary/aromatic N) is 2. The fourth-order valence-electron chi connectivity index (χ4n) is 1.88. The van der Waals surface area contributed by atoms with Gasteiger partial charge < -0.3 is 4.90 Å². The van der Waals surface area contributed by atoms with Crippen LogP contribution in [-0.2, 0) is 0 Å². The summed E-state index contributed by atoms with van der Waals surface area (Å²) in [5.41, 5.74) is 0. The Morgan fingerprint density at radius 3 is 2.80 bits per heavy atom. The van der Waals surface area contributed by atoms with E-state index in [1.807, 2.05) is 12.3 Å². The number of rotatable bonds is 1. The number of alkyl halides is 1. The molecule has 1 aliphatic heterocycles. The van der Waals surface area contributed by atoms with Crippen molar-refractivity contribution in [2.24, 2.45) is 0 Å². The number of hydrogen-bond donors (Lipinski definition) is 0. The van der Waals surface area contributed by atoms with Crippen LogP contribution in [0.5, 0.6) is 0 Å². The minimum atomic E-state index is 0.234. The molecule has 0 aliphatic carbocycles. The van der Waals surface area contributed by atoms with Crippen LogP contribution in [0, 0.1) is 0 Å². The van der Waals surface area contributed by atoms with E-state index in [1.165, 1.54) is 0 Å². The molecule has 1 aromatic rings. The van der Waals surface area contributed by atoms with E-state index in [4.69, 9.17) is 11.6 Å². The molecule has 0 aromatic carbocycles. The lowest BCUT2D eigenvalue weighted by atomic mass is 10.2. The Balaban J connectivity index is 2.29. The fraction of sp³-hybridized carbons (Fsp3) is 0.500. The van der Waals surface area contributed by atoms with Gasteiger partial charge in [0.05, 0.1) is 9.85 Å². The molecule has 2 rings (SSSR count). The number of pyridine rings is 1. The Labute approximate surface area is 111 Å². The first-order valence-corrected chi connectivity index (χ1v) is 6.82. The van der Waals surface area contributed by atoms with Crippen molar-refractivity contribution in [1.82, 2.24) is 4.98 Å². The molecule has 0 spiro atoms. The predicted octanol–water partition coefficient (Wildman–Crippen LogP) is 3.81. The molecule has 0 saturated carbocycles. The molecule has 0 amide bonds. The highest BCUT2D eigenvalue weighted by atomic mass is 79.9. The second kappa shape index (κ2) is 4.60. The lowest BCUT2D eigenvalue weighted by Gasteiger charge is -2.23. The van der Waals surface area contributed by atoms with Crippen molar-refractivity contribution < 1.29 is 0 Å². The molecular formula is C10H11Br2ClN2. The van der Waals surface area contributed by atoms with Gasteiger partial charge in [-0.05, 0) is 51.3 Å². The number of aromatic nitrogens is 1. The summed E-state index contributed by atoms with van der Waals surface area (Å²) in [5.74, 6) is 0.980. The van der Waals surface area contributed by atoms with Gasteiger partial charge in [0.1, 0.15) is 5.82 Å². The van der Waals surface area contributed by atoms with Crippen molar-refractivity contribution >= 4 is 49.3 Å². The highest BCUT2D eigenvalue weighted by Crippen LogP contribution is 2.33. The van der Waals surface area contributed by atoms with Crippen molar-refractivity contribution in [2.75, 3.05) is 11.4 Å². The zero-order valence-corrected chi connectivity index (χ0v) is 12.2. The molecule has 1 aliphatic rings. The zero-order chi connectivity index (χ0) is 11.0. The van der Waals surface area contributed by atoms with Crippen LogP contribution in [0.2, 0.25) is 0 Å². The Kier molecular flexibility index (Phi) is 3.58. The maximum Gasteiger partial charge on any atom is 0.143 e. The van der Waals surface area contributed by atoms with Gasteiger partial charge in [0, 0.05) is 23.3 Å². The van der Waals surface area contributed by atoms with Crippen LogP contribution >= 0.6 is 43.5 Å². The maximum atomic E-state index is 6.14. The van der Waals surface area contributed by atoms with E-state index < -0.39 is 0 Å². The molecule has 1 saturated heterocycles. The van der Waals surface area contributed by atoms with Gasteiger partial charge >= 0.3 is 0 Å². The molecule has 0 bridgehead atoms. The standard InChI is InChI=1S/C10H11Br2ClN2/c1-6-2-8(13)5-15(6)10-9(12)3-7(11)4-14-10/h3-4,6,8H,2,5H2,1H3. The minimum Gasteiger partial charge on any atom is -0.351 e. The first-order chi connectivity index (χ1) is 7.08. The Bertz CT molecular complexity index is 372. The van der Waals surface area contributed by atoms with Crippen molar-refractivity contribution in [3.8, 4) is 0 Å². The van der Waals surface area contributed by atoms with Gasteiger partial charge in [0.15, 0.2) is 0 Å². The highest BCUT2D eigenvalue weighted by molar-refractivity contribution is 9.11. The van der Waals surface area contributed by atoms with E-state index in [-0.39, 0.29) is 5.38 Å². The number of hydrogen-bond acceptors (Lipinski definition) is 2. The molecule has 2 unspecified atom stereocenters. The largest absolute Gasteiger partial charge is 0.351 e. The lowest BCUT2D eigenvalue weighted by Crippen LogP contribution is -2.28. The SMILES string of the molecule is CC1CC(Cl)CN1c1ncc(Br)cc1Br. The molecule has 0 N–H and O–H groups in total. The lowest BCUT2D eigenvalue weighted by molar-refractivity contribution is 0.727. The third-order valence-corrected chi connectivity index (χ3v) is 3.92. The van der Waals surface area contributed by atoms with E-state index in [2.05, 4.69) is 48.7 Å². The Hall–Kier alpha value is 0.200. The molecule has 2 nitrogen and oxygen atoms in total. The zero-order valence-electron chi connectivity index (χ0n) is 8.25. The monoisotopic (exact) mass is 352 g/mol. The van der Waals surface area contributed by atoms with Gasteiger partial charge in [-0.3, -0.25) is 0 Å². The number of anilines is 1. The smallest absolute Gasteiger partial charge is 0.143 e. The van der Waals surface area contributed by atoms with Crippen LogP contribution in [0.1, 0.15) is 13.3 Å². The van der Waals surface area contributed by atoms with Gasteiger partial charge in [-0.15, -0.1) is 11.6 Å². The molecule has 82 valence electrons. The summed E-state index contributed by atoms with van der Waals surface area (Å²) in [5, 5.41) is 0.234. The summed E-state index contributed by atoms with van der Waals surface area (Å²) in [7, 11) is 0. The molecular weight excluding hydrogens is 343 g/mol. The summed E-state index contributed by atoms with van der Waals surface area (Å²) in [4.78, 5) is 6.66. The van der Waals surface area contributed by atoms with Crippen LogP contribution in [0.15, 0.2) is 21.2 Å². The summed E-state index contributed by atoms with van der Waals surface area (Å²) in [6.45, 7) is 3.05. The summed E-state index contributed by atoms with van der Waals surface area (Å²) < 4.78 is 1.99. The molecule has 1 fully saturated rings. The van der Waals surface area contributed by atoms with Crippen LogP contribution in [0.4, 0.5) is 5.82 Å². The van der Waals surface area contributed by atoms with Crippen molar-refractivity contribution in [2.45, 2.75) is 24.8 Å². The quantitative estimate of drug-likeness (QED) is 0.713. The topological polar surface area (TPSA) is 16.1 Å². The van der Waals surface area contributed by atoms with Gasteiger partial charge in [-0.1, -0.05) is 0 Å². The molecule has 2 heterocycles. The van der Waals surface area contributed by atoms with Gasteiger partial charge in [-0.25, -0.2) is 4.98 Å². The normalized spacial score (nSPS) is 26.0. The minimum absolute atomic E-state index is 0.234. The molecule has 0 radical (unpaired) electrons. The Morgan fingerprint density at radius 1 is 1.53 bits per heavy atom. The van der Waals surface area contributed by atoms with E-state index in [1.54, 1.807) is 0 Å². The highest BCUT2D eigenvalue weighted by Gasteiger charge is 2.29. The molecule has 5 heteroatoms. The maximum absolute atomic E-state index is 6.14. The van der Waals surface area contributed by atoms with Gasteiger partial charge in [-0.2, -0.15) is 0 Å². The van der Waals surface area contributed by atoms with Crippen molar-refractivity contribution in [1.29, 1.82) is 0 Å². The summed E-state index contributed by atoms with van der Waals surface area (Å²) in [6.07, 6.45) is 2.83. The van der Waals surface area contributed by atoms with Crippen LogP contribution < -0.4 is 4.90 Å².